The van der Waals surface area contributed by atoms with Crippen LogP contribution in [0.15, 0.2) is 12.3 Å². The highest BCUT2D eigenvalue weighted by atomic mass is 16.5. The molecule has 4 heteroatoms. The minimum absolute atomic E-state index is 0.158. The molecule has 0 aliphatic carbocycles. The first-order valence-electron chi connectivity index (χ1n) is 7.12. The van der Waals surface area contributed by atoms with Crippen LogP contribution in [0.2, 0.25) is 0 Å². The lowest BCUT2D eigenvalue weighted by Gasteiger charge is -2.32. The van der Waals surface area contributed by atoms with Crippen molar-refractivity contribution < 1.29 is 9.84 Å². The Morgan fingerprint density at radius 3 is 2.74 bits per heavy atom. The van der Waals surface area contributed by atoms with Crippen molar-refractivity contribution in [2.24, 2.45) is 0 Å². The monoisotopic (exact) mass is 264 g/mol. The summed E-state index contributed by atoms with van der Waals surface area (Å²) in [6.07, 6.45) is 4.46. The zero-order valence-corrected chi connectivity index (χ0v) is 12.1. The number of pyridine rings is 1. The molecule has 0 spiro atoms. The molecule has 1 fully saturated rings. The number of rotatable bonds is 4. The number of aromatic nitrogens is 1. The Morgan fingerprint density at radius 1 is 1.47 bits per heavy atom. The van der Waals surface area contributed by atoms with Gasteiger partial charge in [0.05, 0.1) is 25.1 Å². The van der Waals surface area contributed by atoms with E-state index in [4.69, 9.17) is 4.74 Å². The molecule has 1 saturated heterocycles. The molecule has 1 unspecified atom stereocenters. The minimum Gasteiger partial charge on any atom is -0.494 e. The maximum Gasteiger partial charge on any atom is 0.145 e. The van der Waals surface area contributed by atoms with Gasteiger partial charge >= 0.3 is 0 Å². The predicted octanol–water partition coefficient (Wildman–Crippen LogP) is 2.56. The van der Waals surface area contributed by atoms with E-state index in [1.165, 1.54) is 0 Å². The number of methoxy groups -OCH3 is 1. The van der Waals surface area contributed by atoms with Gasteiger partial charge in [-0.15, -0.1) is 0 Å². The summed E-state index contributed by atoms with van der Waals surface area (Å²) in [5, 5.41) is 9.58. The Labute approximate surface area is 115 Å². The summed E-state index contributed by atoms with van der Waals surface area (Å²) in [6.45, 7) is 6.07. The molecule has 1 atom stereocenters. The summed E-state index contributed by atoms with van der Waals surface area (Å²) in [7, 11) is 1.71. The summed E-state index contributed by atoms with van der Waals surface area (Å²) >= 11 is 0. The quantitative estimate of drug-likeness (QED) is 0.908. The number of aliphatic hydroxyl groups excluding tert-OH is 1. The van der Waals surface area contributed by atoms with Gasteiger partial charge in [0.25, 0.3) is 0 Å². The number of piperidine rings is 1. The average Bonchev–Trinajstić information content (AvgIpc) is 2.46. The molecular weight excluding hydrogens is 240 g/mol. The fourth-order valence-electron chi connectivity index (χ4n) is 2.43. The van der Waals surface area contributed by atoms with Crippen LogP contribution in [0.5, 0.6) is 5.75 Å². The molecular formula is C15H24N2O2. The molecule has 2 heterocycles. The lowest BCUT2D eigenvalue weighted by Crippen LogP contribution is -2.36. The van der Waals surface area contributed by atoms with E-state index in [0.29, 0.717) is 5.92 Å². The molecule has 1 N–H and O–H groups in total. The fraction of sp³-hybridized carbons (Fsp3) is 0.667. The normalized spacial score (nSPS) is 18.4. The molecule has 1 aromatic rings. The first kappa shape index (κ1) is 14.1. The van der Waals surface area contributed by atoms with Crippen LogP contribution in [0.1, 0.15) is 44.7 Å². The van der Waals surface area contributed by atoms with Crippen molar-refractivity contribution in [1.29, 1.82) is 0 Å². The van der Waals surface area contributed by atoms with Crippen LogP contribution >= 0.6 is 0 Å². The van der Waals surface area contributed by atoms with Crippen LogP contribution in [0.4, 0.5) is 5.69 Å². The molecule has 0 aromatic carbocycles. The summed E-state index contributed by atoms with van der Waals surface area (Å²) in [4.78, 5) is 6.82. The second kappa shape index (κ2) is 6.24. The zero-order valence-electron chi connectivity index (χ0n) is 12.1. The fourth-order valence-corrected chi connectivity index (χ4v) is 2.43. The van der Waals surface area contributed by atoms with Crippen molar-refractivity contribution in [3.05, 3.63) is 18.0 Å². The predicted molar refractivity (Wildman–Crippen MR) is 76.9 cm³/mol. The van der Waals surface area contributed by atoms with Crippen LogP contribution < -0.4 is 9.64 Å². The van der Waals surface area contributed by atoms with E-state index in [1.807, 2.05) is 6.20 Å². The number of hydrogen-bond donors (Lipinski definition) is 1. The molecule has 0 saturated carbocycles. The summed E-state index contributed by atoms with van der Waals surface area (Å²) in [5.41, 5.74) is 2.13. The summed E-state index contributed by atoms with van der Waals surface area (Å²) < 4.78 is 5.52. The van der Waals surface area contributed by atoms with Gasteiger partial charge in [0.2, 0.25) is 0 Å². The molecule has 2 rings (SSSR count). The van der Waals surface area contributed by atoms with Crippen molar-refractivity contribution in [3.8, 4) is 5.75 Å². The Hall–Kier alpha value is -1.29. The zero-order chi connectivity index (χ0) is 13.8. The third kappa shape index (κ3) is 3.18. The van der Waals surface area contributed by atoms with E-state index in [2.05, 4.69) is 29.8 Å². The molecule has 1 aliphatic heterocycles. The van der Waals surface area contributed by atoms with E-state index < -0.39 is 0 Å². The molecule has 0 amide bonds. The smallest absolute Gasteiger partial charge is 0.145 e. The van der Waals surface area contributed by atoms with Crippen molar-refractivity contribution in [1.82, 2.24) is 4.98 Å². The van der Waals surface area contributed by atoms with Crippen molar-refractivity contribution >= 4 is 5.69 Å². The van der Waals surface area contributed by atoms with E-state index in [0.717, 1.165) is 49.5 Å². The van der Waals surface area contributed by atoms with Crippen molar-refractivity contribution in [3.63, 3.8) is 0 Å². The van der Waals surface area contributed by atoms with Crippen LogP contribution in [0, 0.1) is 0 Å². The number of ether oxygens (including phenoxy) is 1. The van der Waals surface area contributed by atoms with Crippen LogP contribution in [0.25, 0.3) is 0 Å². The molecule has 0 bridgehead atoms. The number of anilines is 1. The lowest BCUT2D eigenvalue weighted by atomic mass is 10.0. The lowest BCUT2D eigenvalue weighted by molar-refractivity contribution is 0.145. The van der Waals surface area contributed by atoms with E-state index in [1.54, 1.807) is 7.11 Å². The highest BCUT2D eigenvalue weighted by Crippen LogP contribution is 2.32. The number of nitrogens with zero attached hydrogens (tertiary/aromatic N) is 2. The molecule has 4 nitrogen and oxygen atoms in total. The first-order chi connectivity index (χ1) is 9.15. The van der Waals surface area contributed by atoms with Gasteiger partial charge < -0.3 is 14.7 Å². The minimum atomic E-state index is -0.158. The SMILES string of the molecule is CCC(C)c1cc(OC)c(N2CCC(O)CC2)cn1. The molecule has 19 heavy (non-hydrogen) atoms. The Balaban J connectivity index is 2.21. The van der Waals surface area contributed by atoms with Gasteiger partial charge in [-0.2, -0.15) is 0 Å². The van der Waals surface area contributed by atoms with Crippen molar-refractivity contribution in [2.75, 3.05) is 25.1 Å². The summed E-state index contributed by atoms with van der Waals surface area (Å²) in [5.74, 6) is 1.34. The van der Waals surface area contributed by atoms with E-state index >= 15 is 0 Å². The van der Waals surface area contributed by atoms with Gasteiger partial charge in [-0.05, 0) is 25.2 Å². The number of aliphatic hydroxyl groups is 1. The second-order valence-corrected chi connectivity index (χ2v) is 5.31. The third-order valence-electron chi connectivity index (χ3n) is 4.01. The van der Waals surface area contributed by atoms with Gasteiger partial charge in [0.15, 0.2) is 0 Å². The topological polar surface area (TPSA) is 45.6 Å². The molecule has 0 radical (unpaired) electrons. The Bertz CT molecular complexity index is 415. The van der Waals surface area contributed by atoms with Gasteiger partial charge in [-0.25, -0.2) is 0 Å². The Kier molecular flexibility index (Phi) is 4.64. The Morgan fingerprint density at radius 2 is 2.16 bits per heavy atom. The molecule has 1 aliphatic rings. The van der Waals surface area contributed by atoms with Crippen LogP contribution in [0.3, 0.4) is 0 Å². The van der Waals surface area contributed by atoms with Crippen LogP contribution in [-0.2, 0) is 0 Å². The van der Waals surface area contributed by atoms with Crippen LogP contribution in [-0.4, -0.2) is 36.4 Å². The van der Waals surface area contributed by atoms with E-state index in [-0.39, 0.29) is 6.10 Å². The maximum absolute atomic E-state index is 9.58. The highest BCUT2D eigenvalue weighted by molar-refractivity contribution is 5.58. The highest BCUT2D eigenvalue weighted by Gasteiger charge is 2.21. The number of hydrogen-bond acceptors (Lipinski definition) is 4. The largest absolute Gasteiger partial charge is 0.494 e. The maximum atomic E-state index is 9.58. The second-order valence-electron chi connectivity index (χ2n) is 5.31. The standard InChI is InChI=1S/C15H24N2O2/c1-4-11(2)13-9-15(19-3)14(10-16-13)17-7-5-12(18)6-8-17/h9-12,18H,4-8H2,1-3H3. The van der Waals surface area contributed by atoms with Gasteiger partial charge in [-0.1, -0.05) is 13.8 Å². The van der Waals surface area contributed by atoms with Crippen molar-refractivity contribution in [2.45, 2.75) is 45.1 Å². The molecule has 1 aromatic heterocycles. The van der Waals surface area contributed by atoms with E-state index in [9.17, 15) is 5.11 Å². The van der Waals surface area contributed by atoms with Gasteiger partial charge in [-0.3, -0.25) is 4.98 Å². The molecule has 106 valence electrons. The first-order valence-corrected chi connectivity index (χ1v) is 7.12. The summed E-state index contributed by atoms with van der Waals surface area (Å²) in [6, 6.07) is 2.05. The van der Waals surface area contributed by atoms with Gasteiger partial charge in [0, 0.05) is 24.8 Å². The third-order valence-corrected chi connectivity index (χ3v) is 4.01. The van der Waals surface area contributed by atoms with Gasteiger partial charge in [0.1, 0.15) is 5.75 Å². The average molecular weight is 264 g/mol.